The molecule has 0 aliphatic carbocycles. The highest BCUT2D eigenvalue weighted by Crippen LogP contribution is 2.25. The highest BCUT2D eigenvalue weighted by atomic mass is 32.1. The van der Waals surface area contributed by atoms with Crippen LogP contribution in [0, 0.1) is 6.92 Å². The molecule has 0 saturated heterocycles. The van der Waals surface area contributed by atoms with E-state index in [1.54, 1.807) is 28.9 Å². The fourth-order valence-electron chi connectivity index (χ4n) is 2.63. The number of nitrogens with zero attached hydrogens (tertiary/aromatic N) is 2. The maximum Gasteiger partial charge on any atom is 0.251 e. The van der Waals surface area contributed by atoms with Crippen LogP contribution in [0.4, 0.5) is 0 Å². The minimum absolute atomic E-state index is 0.0884. The van der Waals surface area contributed by atoms with Gasteiger partial charge in [0.2, 0.25) is 0 Å². The molecule has 0 aliphatic rings. The number of amides is 1. The number of nitrogens with one attached hydrogen (secondary N) is 1. The number of benzene rings is 1. The lowest BCUT2D eigenvalue weighted by Gasteiger charge is -2.06. The summed E-state index contributed by atoms with van der Waals surface area (Å²) in [6.45, 7) is 2.42. The quantitative estimate of drug-likeness (QED) is 0.572. The Hall–Kier alpha value is -2.57. The van der Waals surface area contributed by atoms with Crippen molar-refractivity contribution in [1.29, 1.82) is 0 Å². The summed E-state index contributed by atoms with van der Waals surface area (Å²) in [6, 6.07) is 11.8. The number of thiazole rings is 1. The predicted molar refractivity (Wildman–Crippen MR) is 103 cm³/mol. The van der Waals surface area contributed by atoms with Crippen LogP contribution in [0.5, 0.6) is 0 Å². The number of carbonyl (C=O) groups excluding carboxylic acids is 1. The highest BCUT2D eigenvalue weighted by Gasteiger charge is 2.09. The second kappa shape index (κ2) is 6.74. The molecule has 0 saturated carbocycles. The third-order valence-electron chi connectivity index (χ3n) is 3.81. The van der Waals surface area contributed by atoms with Crippen molar-refractivity contribution in [2.24, 2.45) is 0 Å². The number of pyridine rings is 1. The van der Waals surface area contributed by atoms with E-state index in [1.165, 1.54) is 4.88 Å². The van der Waals surface area contributed by atoms with Gasteiger partial charge in [-0.05, 0) is 48.2 Å². The molecule has 124 valence electrons. The lowest BCUT2D eigenvalue weighted by molar-refractivity contribution is 0.0951. The van der Waals surface area contributed by atoms with E-state index in [9.17, 15) is 4.79 Å². The summed E-state index contributed by atoms with van der Waals surface area (Å²) in [4.78, 5) is 22.3. The van der Waals surface area contributed by atoms with Crippen LogP contribution in [0.25, 0.3) is 20.7 Å². The van der Waals surface area contributed by atoms with Crippen molar-refractivity contribution in [3.05, 3.63) is 70.3 Å². The fraction of sp³-hybridized carbons (Fsp3) is 0.105. The zero-order valence-corrected chi connectivity index (χ0v) is 15.2. The van der Waals surface area contributed by atoms with Crippen LogP contribution in [0.1, 0.15) is 20.9 Å². The number of carbonyl (C=O) groups is 1. The summed E-state index contributed by atoms with van der Waals surface area (Å²) in [5.41, 5.74) is 3.64. The van der Waals surface area contributed by atoms with E-state index in [4.69, 9.17) is 0 Å². The van der Waals surface area contributed by atoms with Crippen molar-refractivity contribution in [3.63, 3.8) is 0 Å². The molecule has 0 fully saturated rings. The summed E-state index contributed by atoms with van der Waals surface area (Å²) >= 11 is 3.28. The second-order valence-electron chi connectivity index (χ2n) is 5.66. The number of aryl methyl sites for hydroxylation is 1. The van der Waals surface area contributed by atoms with E-state index in [1.807, 2.05) is 42.8 Å². The molecule has 0 radical (unpaired) electrons. The number of rotatable bonds is 4. The Morgan fingerprint density at radius 3 is 2.96 bits per heavy atom. The molecule has 0 spiro atoms. The lowest BCUT2D eigenvalue weighted by Crippen LogP contribution is -2.22. The lowest BCUT2D eigenvalue weighted by atomic mass is 10.1. The van der Waals surface area contributed by atoms with Crippen LogP contribution in [0.15, 0.2) is 54.2 Å². The molecule has 0 atom stereocenters. The summed E-state index contributed by atoms with van der Waals surface area (Å²) in [6.07, 6.45) is 3.63. The molecular formula is C19H15N3OS2. The molecule has 25 heavy (non-hydrogen) atoms. The third-order valence-corrected chi connectivity index (χ3v) is 5.66. The van der Waals surface area contributed by atoms with Gasteiger partial charge in [-0.3, -0.25) is 9.78 Å². The average Bonchev–Trinajstić information content (AvgIpc) is 3.27. The maximum absolute atomic E-state index is 12.4. The first kappa shape index (κ1) is 15.9. The number of aromatic nitrogens is 2. The van der Waals surface area contributed by atoms with Crippen molar-refractivity contribution in [1.82, 2.24) is 15.3 Å². The standard InChI is InChI=1S/C19H15N3OS2/c1-12-22-16-5-4-14(8-18(16)25-12)19(23)21-10-13-7-15(11-20-9-13)17-3-2-6-24-17/h2-9,11H,10H2,1H3,(H,21,23). The second-order valence-corrected chi connectivity index (χ2v) is 7.84. The van der Waals surface area contributed by atoms with Crippen molar-refractivity contribution in [2.45, 2.75) is 13.5 Å². The third kappa shape index (κ3) is 3.45. The van der Waals surface area contributed by atoms with Crippen LogP contribution in [0.3, 0.4) is 0 Å². The molecule has 0 aliphatic heterocycles. The van der Waals surface area contributed by atoms with Crippen molar-refractivity contribution >= 4 is 38.8 Å². The summed E-state index contributed by atoms with van der Waals surface area (Å²) in [7, 11) is 0. The van der Waals surface area contributed by atoms with Crippen molar-refractivity contribution in [2.75, 3.05) is 0 Å². The normalized spacial score (nSPS) is 10.9. The molecule has 1 amide bonds. The molecule has 3 heterocycles. The zero-order chi connectivity index (χ0) is 17.2. The van der Waals surface area contributed by atoms with Gasteiger partial charge in [0.05, 0.1) is 15.2 Å². The molecule has 4 rings (SSSR count). The molecular weight excluding hydrogens is 350 g/mol. The smallest absolute Gasteiger partial charge is 0.251 e. The Labute approximate surface area is 153 Å². The Morgan fingerprint density at radius 2 is 2.12 bits per heavy atom. The molecule has 0 unspecified atom stereocenters. The van der Waals surface area contributed by atoms with Gasteiger partial charge in [-0.15, -0.1) is 22.7 Å². The van der Waals surface area contributed by atoms with Gasteiger partial charge in [-0.2, -0.15) is 0 Å². The zero-order valence-electron chi connectivity index (χ0n) is 13.5. The van der Waals surface area contributed by atoms with Crippen LogP contribution < -0.4 is 5.32 Å². The molecule has 1 aromatic carbocycles. The van der Waals surface area contributed by atoms with Crippen LogP contribution >= 0.6 is 22.7 Å². The van der Waals surface area contributed by atoms with E-state index in [2.05, 4.69) is 27.4 Å². The van der Waals surface area contributed by atoms with E-state index in [-0.39, 0.29) is 5.91 Å². The SMILES string of the molecule is Cc1nc2ccc(C(=O)NCc3cncc(-c4cccs4)c3)cc2s1. The van der Waals surface area contributed by atoms with Crippen LogP contribution in [0.2, 0.25) is 0 Å². The Kier molecular flexibility index (Phi) is 4.29. The van der Waals surface area contributed by atoms with E-state index >= 15 is 0 Å². The highest BCUT2D eigenvalue weighted by molar-refractivity contribution is 7.18. The Bertz CT molecular complexity index is 1040. The summed E-state index contributed by atoms with van der Waals surface area (Å²) < 4.78 is 1.03. The molecule has 4 aromatic rings. The Morgan fingerprint density at radius 1 is 1.20 bits per heavy atom. The van der Waals surface area contributed by atoms with Gasteiger partial charge < -0.3 is 5.32 Å². The van der Waals surface area contributed by atoms with Gasteiger partial charge in [0.1, 0.15) is 0 Å². The fourth-order valence-corrected chi connectivity index (χ4v) is 4.20. The van der Waals surface area contributed by atoms with Crippen molar-refractivity contribution in [3.8, 4) is 10.4 Å². The van der Waals surface area contributed by atoms with Crippen molar-refractivity contribution < 1.29 is 4.79 Å². The number of fused-ring (bicyclic) bond motifs is 1. The average molecular weight is 365 g/mol. The van der Waals surface area contributed by atoms with E-state index < -0.39 is 0 Å². The monoisotopic (exact) mass is 365 g/mol. The van der Waals surface area contributed by atoms with Gasteiger partial charge in [0.25, 0.3) is 5.91 Å². The van der Waals surface area contributed by atoms with Gasteiger partial charge >= 0.3 is 0 Å². The summed E-state index contributed by atoms with van der Waals surface area (Å²) in [5, 5.41) is 6.01. The molecule has 6 heteroatoms. The van der Waals surface area contributed by atoms with Gasteiger partial charge in [0, 0.05) is 34.9 Å². The van der Waals surface area contributed by atoms with Crippen LogP contribution in [-0.2, 0) is 6.54 Å². The van der Waals surface area contributed by atoms with Gasteiger partial charge in [-0.1, -0.05) is 6.07 Å². The summed E-state index contributed by atoms with van der Waals surface area (Å²) in [5.74, 6) is -0.0884. The number of hydrogen-bond donors (Lipinski definition) is 1. The first-order valence-electron chi connectivity index (χ1n) is 7.82. The van der Waals surface area contributed by atoms with E-state index in [0.717, 1.165) is 26.4 Å². The number of hydrogen-bond acceptors (Lipinski definition) is 5. The largest absolute Gasteiger partial charge is 0.348 e. The van der Waals surface area contributed by atoms with Gasteiger partial charge in [0.15, 0.2) is 0 Å². The topological polar surface area (TPSA) is 54.9 Å². The molecule has 1 N–H and O–H groups in total. The molecule has 3 aromatic heterocycles. The minimum atomic E-state index is -0.0884. The van der Waals surface area contributed by atoms with Crippen LogP contribution in [-0.4, -0.2) is 15.9 Å². The first-order valence-corrected chi connectivity index (χ1v) is 9.52. The first-order chi connectivity index (χ1) is 12.2. The van der Waals surface area contributed by atoms with Gasteiger partial charge in [-0.25, -0.2) is 4.98 Å². The number of thiophene rings is 1. The molecule has 0 bridgehead atoms. The Balaban J connectivity index is 1.48. The van der Waals surface area contributed by atoms with E-state index in [0.29, 0.717) is 12.1 Å². The minimum Gasteiger partial charge on any atom is -0.348 e. The maximum atomic E-state index is 12.4. The predicted octanol–water partition coefficient (Wildman–Crippen LogP) is 4.66. The molecule has 4 nitrogen and oxygen atoms in total.